The van der Waals surface area contributed by atoms with Gasteiger partial charge in [-0.15, -0.1) is 0 Å². The molecule has 1 aliphatic heterocycles. The quantitative estimate of drug-likeness (QED) is 0.860. The fraction of sp³-hybridized carbons (Fsp3) is 0.875. The molecule has 21 heavy (non-hydrogen) atoms. The van der Waals surface area contributed by atoms with Gasteiger partial charge >= 0.3 is 0 Å². The summed E-state index contributed by atoms with van der Waals surface area (Å²) in [6.07, 6.45) is 8.43. The maximum absolute atomic E-state index is 13.1. The molecule has 2 spiro atoms. The predicted molar refractivity (Wildman–Crippen MR) is 78.7 cm³/mol. The summed E-state index contributed by atoms with van der Waals surface area (Å²) in [5, 5.41) is 3.14. The van der Waals surface area contributed by atoms with E-state index < -0.39 is 11.1 Å². The Morgan fingerprint density at radius 3 is 2.29 bits per heavy atom. The van der Waals surface area contributed by atoms with Crippen LogP contribution in [0.4, 0.5) is 0 Å². The van der Waals surface area contributed by atoms with Gasteiger partial charge in [0.15, 0.2) is 0 Å². The number of rotatable bonds is 3. The van der Waals surface area contributed by atoms with Gasteiger partial charge in [0.25, 0.3) is 0 Å². The molecule has 5 heteroatoms. The van der Waals surface area contributed by atoms with Crippen molar-refractivity contribution in [2.75, 3.05) is 20.3 Å². The summed E-state index contributed by atoms with van der Waals surface area (Å²) in [7, 11) is 1.65. The first-order valence-electron chi connectivity index (χ1n) is 8.28. The minimum atomic E-state index is -0.618. The van der Waals surface area contributed by atoms with E-state index in [4.69, 9.17) is 4.74 Å². The molecule has 0 aromatic heterocycles. The van der Waals surface area contributed by atoms with E-state index in [9.17, 15) is 9.59 Å². The van der Waals surface area contributed by atoms with E-state index in [2.05, 4.69) is 5.32 Å². The Bertz CT molecular complexity index is 423. The number of carbonyl (C=O) groups excluding carboxylic acids is 2. The van der Waals surface area contributed by atoms with Crippen LogP contribution in [0, 0.1) is 0 Å². The van der Waals surface area contributed by atoms with Crippen molar-refractivity contribution in [3.8, 4) is 0 Å². The number of nitrogens with one attached hydrogen (secondary N) is 1. The highest BCUT2D eigenvalue weighted by atomic mass is 16.5. The Kier molecular flexibility index (Phi) is 3.95. The fourth-order valence-corrected chi connectivity index (χ4v) is 4.41. The molecule has 0 aromatic carbocycles. The van der Waals surface area contributed by atoms with Crippen molar-refractivity contribution in [3.63, 3.8) is 0 Å². The molecule has 1 heterocycles. The molecule has 0 aromatic rings. The van der Waals surface area contributed by atoms with E-state index in [1.807, 2.05) is 4.90 Å². The molecule has 0 bridgehead atoms. The van der Waals surface area contributed by atoms with Gasteiger partial charge in [-0.3, -0.25) is 9.59 Å². The van der Waals surface area contributed by atoms with E-state index in [1.165, 1.54) is 0 Å². The van der Waals surface area contributed by atoms with Crippen LogP contribution in [0.3, 0.4) is 0 Å². The highest BCUT2D eigenvalue weighted by Crippen LogP contribution is 2.42. The Balaban J connectivity index is 1.92. The first kappa shape index (κ1) is 14.8. The van der Waals surface area contributed by atoms with Gasteiger partial charge in [-0.05, 0) is 25.7 Å². The third-order valence-electron chi connectivity index (χ3n) is 5.60. The Morgan fingerprint density at radius 2 is 1.67 bits per heavy atom. The summed E-state index contributed by atoms with van der Waals surface area (Å²) in [5.74, 6) is 0.221. The average Bonchev–Trinajstić information content (AvgIpc) is 2.96. The highest BCUT2D eigenvalue weighted by molar-refractivity contribution is 6.02. The molecule has 2 saturated carbocycles. The van der Waals surface area contributed by atoms with Gasteiger partial charge in [0.1, 0.15) is 11.1 Å². The molecule has 1 N–H and O–H groups in total. The maximum atomic E-state index is 13.1. The number of hydrogen-bond acceptors (Lipinski definition) is 3. The molecule has 2 aliphatic carbocycles. The first-order valence-corrected chi connectivity index (χ1v) is 8.28. The maximum Gasteiger partial charge on any atom is 0.249 e. The van der Waals surface area contributed by atoms with Gasteiger partial charge in [0.2, 0.25) is 11.8 Å². The molecular weight excluding hydrogens is 268 g/mol. The topological polar surface area (TPSA) is 58.6 Å². The highest BCUT2D eigenvalue weighted by Gasteiger charge is 2.58. The first-order chi connectivity index (χ1) is 10.1. The fourth-order valence-electron chi connectivity index (χ4n) is 4.41. The van der Waals surface area contributed by atoms with Gasteiger partial charge in [0, 0.05) is 13.7 Å². The number of ether oxygens (including phenoxy) is 1. The van der Waals surface area contributed by atoms with Gasteiger partial charge in [-0.2, -0.15) is 0 Å². The smallest absolute Gasteiger partial charge is 0.249 e. The summed E-state index contributed by atoms with van der Waals surface area (Å²) >= 11 is 0. The average molecular weight is 294 g/mol. The van der Waals surface area contributed by atoms with Gasteiger partial charge < -0.3 is 15.0 Å². The molecule has 0 atom stereocenters. The van der Waals surface area contributed by atoms with E-state index in [1.54, 1.807) is 7.11 Å². The largest absolute Gasteiger partial charge is 0.383 e. The number of amides is 2. The van der Waals surface area contributed by atoms with Crippen LogP contribution in [-0.4, -0.2) is 48.1 Å². The Hall–Kier alpha value is -1.10. The second-order valence-corrected chi connectivity index (χ2v) is 6.79. The lowest BCUT2D eigenvalue weighted by atomic mass is 9.75. The minimum Gasteiger partial charge on any atom is -0.383 e. The summed E-state index contributed by atoms with van der Waals surface area (Å²) in [6, 6.07) is 0. The zero-order chi connectivity index (χ0) is 14.9. The van der Waals surface area contributed by atoms with Crippen molar-refractivity contribution in [3.05, 3.63) is 0 Å². The van der Waals surface area contributed by atoms with Crippen molar-refractivity contribution < 1.29 is 14.3 Å². The van der Waals surface area contributed by atoms with E-state index in [0.29, 0.717) is 13.2 Å². The number of nitrogens with zero attached hydrogens (tertiary/aromatic N) is 1. The molecule has 1 saturated heterocycles. The standard InChI is InChI=1S/C16H26N2O3/c1-21-12-11-18-14(20)15(7-5-6-8-15)17-13(19)16(18)9-3-2-4-10-16/h2-12H2,1H3,(H,17,19). The van der Waals surface area contributed by atoms with E-state index >= 15 is 0 Å². The van der Waals surface area contributed by atoms with Crippen LogP contribution in [0.5, 0.6) is 0 Å². The molecule has 0 radical (unpaired) electrons. The van der Waals surface area contributed by atoms with E-state index in [-0.39, 0.29) is 11.8 Å². The SMILES string of the molecule is COCCN1C(=O)C2(CCCC2)NC(=O)C12CCCCC2. The number of hydrogen-bond donors (Lipinski definition) is 1. The van der Waals surface area contributed by atoms with Crippen molar-refractivity contribution in [1.29, 1.82) is 0 Å². The second kappa shape index (κ2) is 5.59. The zero-order valence-corrected chi connectivity index (χ0v) is 13.0. The van der Waals surface area contributed by atoms with Crippen molar-refractivity contribution in [1.82, 2.24) is 10.2 Å². The molecular formula is C16H26N2O3. The van der Waals surface area contributed by atoms with Gasteiger partial charge in [0.05, 0.1) is 6.61 Å². The van der Waals surface area contributed by atoms with Crippen LogP contribution in [0.15, 0.2) is 0 Å². The summed E-state index contributed by atoms with van der Waals surface area (Å²) < 4.78 is 5.19. The van der Waals surface area contributed by atoms with Crippen molar-refractivity contribution in [2.45, 2.75) is 68.9 Å². The lowest BCUT2D eigenvalue weighted by molar-refractivity contribution is -0.166. The summed E-state index contributed by atoms with van der Waals surface area (Å²) in [5.41, 5.74) is -1.23. The monoisotopic (exact) mass is 294 g/mol. The minimum absolute atomic E-state index is 0.0832. The van der Waals surface area contributed by atoms with Crippen LogP contribution in [0.1, 0.15) is 57.8 Å². The third kappa shape index (κ3) is 2.26. The van der Waals surface area contributed by atoms with Crippen LogP contribution in [0.25, 0.3) is 0 Å². The number of carbonyl (C=O) groups is 2. The van der Waals surface area contributed by atoms with Gasteiger partial charge in [-0.1, -0.05) is 32.1 Å². The molecule has 118 valence electrons. The van der Waals surface area contributed by atoms with Crippen LogP contribution in [-0.2, 0) is 14.3 Å². The predicted octanol–water partition coefficient (Wildman–Crippen LogP) is 1.61. The number of methoxy groups -OCH3 is 1. The molecule has 3 fully saturated rings. The van der Waals surface area contributed by atoms with Crippen LogP contribution >= 0.6 is 0 Å². The Morgan fingerprint density at radius 1 is 1.05 bits per heavy atom. The molecule has 3 aliphatic rings. The van der Waals surface area contributed by atoms with Gasteiger partial charge in [-0.25, -0.2) is 0 Å². The summed E-state index contributed by atoms with van der Waals surface area (Å²) in [6.45, 7) is 1.03. The van der Waals surface area contributed by atoms with E-state index in [0.717, 1.165) is 57.8 Å². The van der Waals surface area contributed by atoms with Crippen molar-refractivity contribution in [2.24, 2.45) is 0 Å². The van der Waals surface area contributed by atoms with Crippen LogP contribution < -0.4 is 5.32 Å². The molecule has 2 amide bonds. The molecule has 3 rings (SSSR count). The lowest BCUT2D eigenvalue weighted by Crippen LogP contribution is -2.75. The Labute approximate surface area is 126 Å². The zero-order valence-electron chi connectivity index (χ0n) is 13.0. The third-order valence-corrected chi connectivity index (χ3v) is 5.60. The van der Waals surface area contributed by atoms with Crippen molar-refractivity contribution >= 4 is 11.8 Å². The normalized spacial score (nSPS) is 27.4. The molecule has 5 nitrogen and oxygen atoms in total. The summed E-state index contributed by atoms with van der Waals surface area (Å²) in [4.78, 5) is 27.9. The molecule has 0 unspecified atom stereocenters. The lowest BCUT2D eigenvalue weighted by Gasteiger charge is -2.53. The van der Waals surface area contributed by atoms with Crippen LogP contribution in [0.2, 0.25) is 0 Å². The number of piperazine rings is 1. The second-order valence-electron chi connectivity index (χ2n) is 6.79.